The number of thiophene rings is 1. The van der Waals surface area contributed by atoms with Crippen LogP contribution in [-0.4, -0.2) is 21.7 Å². The lowest BCUT2D eigenvalue weighted by molar-refractivity contribution is -0.121. The topological polar surface area (TPSA) is 76.3 Å². The first-order valence-corrected chi connectivity index (χ1v) is 10.3. The van der Waals surface area contributed by atoms with E-state index in [0.29, 0.717) is 20.8 Å². The summed E-state index contributed by atoms with van der Waals surface area (Å²) in [4.78, 5) is 31.4. The van der Waals surface area contributed by atoms with Gasteiger partial charge in [0.15, 0.2) is 0 Å². The minimum Gasteiger partial charge on any atom is -0.289 e. The minimum atomic E-state index is -0.435. The Balaban J connectivity index is 1.59. The number of hydrogen-bond donors (Lipinski definition) is 1. The van der Waals surface area contributed by atoms with Crippen LogP contribution in [0.4, 0.5) is 0 Å². The fourth-order valence-corrected chi connectivity index (χ4v) is 4.33. The van der Waals surface area contributed by atoms with Crippen molar-refractivity contribution in [1.82, 2.24) is 15.0 Å². The molecule has 6 nitrogen and oxygen atoms in total. The quantitative estimate of drug-likeness (QED) is 0.375. The Morgan fingerprint density at radius 2 is 1.93 bits per heavy atom. The molecular formula is C22H17ClN4O2S. The number of benzene rings is 2. The summed E-state index contributed by atoms with van der Waals surface area (Å²) in [5, 5.41) is 4.97. The van der Waals surface area contributed by atoms with Gasteiger partial charge in [0, 0.05) is 21.0 Å². The number of aryl methyl sites for hydroxylation is 1. The van der Waals surface area contributed by atoms with E-state index in [4.69, 9.17) is 11.6 Å². The van der Waals surface area contributed by atoms with E-state index in [0.717, 1.165) is 16.0 Å². The van der Waals surface area contributed by atoms with Gasteiger partial charge in [-0.05, 0) is 18.6 Å². The predicted molar refractivity (Wildman–Crippen MR) is 121 cm³/mol. The third-order valence-electron chi connectivity index (χ3n) is 4.53. The van der Waals surface area contributed by atoms with Crippen LogP contribution in [0.25, 0.3) is 21.3 Å². The number of halogens is 1. The van der Waals surface area contributed by atoms with Gasteiger partial charge in [-0.3, -0.25) is 14.2 Å². The van der Waals surface area contributed by atoms with Crippen molar-refractivity contribution in [3.8, 4) is 11.1 Å². The van der Waals surface area contributed by atoms with Crippen molar-refractivity contribution >= 4 is 45.3 Å². The molecule has 2 aromatic heterocycles. The van der Waals surface area contributed by atoms with Crippen LogP contribution in [0.5, 0.6) is 0 Å². The molecule has 2 aromatic carbocycles. The van der Waals surface area contributed by atoms with Crippen LogP contribution in [0.2, 0.25) is 5.02 Å². The second-order valence-corrected chi connectivity index (χ2v) is 8.18. The maximum atomic E-state index is 13.1. The number of hydrazone groups is 1. The lowest BCUT2D eigenvalue weighted by atomic mass is 10.0. The highest BCUT2D eigenvalue weighted by molar-refractivity contribution is 7.19. The van der Waals surface area contributed by atoms with E-state index in [9.17, 15) is 9.59 Å². The maximum Gasteiger partial charge on any atom is 0.263 e. The molecule has 0 aliphatic carbocycles. The standard InChI is InChI=1S/C22H17ClN4O2S/c1-14-19(15-7-3-2-4-8-15)20-21(30-14)24-13-27(22(20)29)12-18(28)26-25-11-16-9-5-6-10-17(16)23/h2-11,13H,12H2,1H3,(H,26,28)/b25-11+. The summed E-state index contributed by atoms with van der Waals surface area (Å²) >= 11 is 7.52. The number of aromatic nitrogens is 2. The smallest absolute Gasteiger partial charge is 0.263 e. The van der Waals surface area contributed by atoms with E-state index in [1.165, 1.54) is 28.4 Å². The van der Waals surface area contributed by atoms with Crippen molar-refractivity contribution in [3.05, 3.63) is 86.7 Å². The first-order valence-electron chi connectivity index (χ1n) is 9.15. The van der Waals surface area contributed by atoms with E-state index < -0.39 is 5.91 Å². The third kappa shape index (κ3) is 4.03. The van der Waals surface area contributed by atoms with E-state index >= 15 is 0 Å². The summed E-state index contributed by atoms with van der Waals surface area (Å²) < 4.78 is 1.29. The molecule has 0 saturated heterocycles. The van der Waals surface area contributed by atoms with E-state index in [1.54, 1.807) is 12.1 Å². The van der Waals surface area contributed by atoms with Crippen LogP contribution < -0.4 is 11.0 Å². The normalized spacial score (nSPS) is 11.3. The molecule has 2 heterocycles. The molecule has 0 fully saturated rings. The van der Waals surface area contributed by atoms with Gasteiger partial charge in [0.05, 0.1) is 17.9 Å². The van der Waals surface area contributed by atoms with Crippen molar-refractivity contribution in [3.63, 3.8) is 0 Å². The summed E-state index contributed by atoms with van der Waals surface area (Å²) in [5.41, 5.74) is 4.66. The van der Waals surface area contributed by atoms with Gasteiger partial charge in [-0.1, -0.05) is 60.1 Å². The van der Waals surface area contributed by atoms with E-state index in [2.05, 4.69) is 15.5 Å². The van der Waals surface area contributed by atoms with Crippen molar-refractivity contribution in [2.24, 2.45) is 5.10 Å². The van der Waals surface area contributed by atoms with Crippen LogP contribution in [0, 0.1) is 6.92 Å². The summed E-state index contributed by atoms with van der Waals surface area (Å²) in [6, 6.07) is 16.9. The lowest BCUT2D eigenvalue weighted by Gasteiger charge is -2.06. The largest absolute Gasteiger partial charge is 0.289 e. The average molecular weight is 437 g/mol. The van der Waals surface area contributed by atoms with Gasteiger partial charge in [-0.25, -0.2) is 10.4 Å². The van der Waals surface area contributed by atoms with Gasteiger partial charge < -0.3 is 0 Å². The summed E-state index contributed by atoms with van der Waals surface area (Å²) in [5.74, 6) is -0.435. The molecule has 0 aliphatic rings. The Morgan fingerprint density at radius 1 is 1.20 bits per heavy atom. The summed E-state index contributed by atoms with van der Waals surface area (Å²) in [6.45, 7) is 1.78. The molecule has 0 spiro atoms. The number of amides is 1. The highest BCUT2D eigenvalue weighted by atomic mass is 35.5. The van der Waals surface area contributed by atoms with E-state index in [1.807, 2.05) is 49.4 Å². The zero-order valence-electron chi connectivity index (χ0n) is 16.0. The average Bonchev–Trinajstić information content (AvgIpc) is 3.09. The van der Waals surface area contributed by atoms with Crippen LogP contribution in [-0.2, 0) is 11.3 Å². The molecule has 1 N–H and O–H groups in total. The van der Waals surface area contributed by atoms with Crippen LogP contribution in [0.3, 0.4) is 0 Å². The highest BCUT2D eigenvalue weighted by Gasteiger charge is 2.17. The zero-order chi connectivity index (χ0) is 21.1. The van der Waals surface area contributed by atoms with Gasteiger partial charge in [0.2, 0.25) is 0 Å². The summed E-state index contributed by atoms with van der Waals surface area (Å²) in [7, 11) is 0. The molecule has 1 amide bonds. The fraction of sp³-hybridized carbons (Fsp3) is 0.0909. The minimum absolute atomic E-state index is 0.190. The Hall–Kier alpha value is -3.29. The molecule has 30 heavy (non-hydrogen) atoms. The Bertz CT molecular complexity index is 1310. The van der Waals surface area contributed by atoms with Crippen LogP contribution >= 0.6 is 22.9 Å². The molecular weight excluding hydrogens is 420 g/mol. The number of nitrogens with one attached hydrogen (secondary N) is 1. The number of hydrogen-bond acceptors (Lipinski definition) is 5. The molecule has 150 valence electrons. The number of carbonyl (C=O) groups is 1. The number of nitrogens with zero attached hydrogens (tertiary/aromatic N) is 3. The van der Waals surface area contributed by atoms with Crippen molar-refractivity contribution in [2.45, 2.75) is 13.5 Å². The molecule has 8 heteroatoms. The molecule has 4 aromatic rings. The van der Waals surface area contributed by atoms with Gasteiger partial charge in [-0.15, -0.1) is 11.3 Å². The number of fused-ring (bicyclic) bond motifs is 1. The molecule has 0 unspecified atom stereocenters. The fourth-order valence-electron chi connectivity index (χ4n) is 3.15. The molecule has 0 bridgehead atoms. The second kappa shape index (κ2) is 8.61. The van der Waals surface area contributed by atoms with Crippen molar-refractivity contribution in [1.29, 1.82) is 0 Å². The lowest BCUT2D eigenvalue weighted by Crippen LogP contribution is -2.30. The van der Waals surface area contributed by atoms with Gasteiger partial charge in [-0.2, -0.15) is 5.10 Å². The Morgan fingerprint density at radius 3 is 2.70 bits per heavy atom. The second-order valence-electron chi connectivity index (χ2n) is 6.57. The first kappa shape index (κ1) is 20.0. The number of carbonyl (C=O) groups excluding carboxylic acids is 1. The molecule has 0 radical (unpaired) electrons. The monoisotopic (exact) mass is 436 g/mol. The highest BCUT2D eigenvalue weighted by Crippen LogP contribution is 2.35. The molecule has 0 atom stereocenters. The Labute approximate surface area is 181 Å². The van der Waals surface area contributed by atoms with Gasteiger partial charge in [0.1, 0.15) is 11.4 Å². The number of rotatable bonds is 5. The Kier molecular flexibility index (Phi) is 5.74. The summed E-state index contributed by atoms with van der Waals surface area (Å²) in [6.07, 6.45) is 2.85. The SMILES string of the molecule is Cc1sc2ncn(CC(=O)N/N=C/c3ccccc3Cl)c(=O)c2c1-c1ccccc1. The molecule has 4 rings (SSSR count). The maximum absolute atomic E-state index is 13.1. The first-order chi connectivity index (χ1) is 14.5. The van der Waals surface area contributed by atoms with Crippen LogP contribution in [0.15, 0.2) is 70.8 Å². The molecule has 0 saturated carbocycles. The van der Waals surface area contributed by atoms with Gasteiger partial charge in [0.25, 0.3) is 11.5 Å². The van der Waals surface area contributed by atoms with Crippen LogP contribution in [0.1, 0.15) is 10.4 Å². The zero-order valence-corrected chi connectivity index (χ0v) is 17.6. The van der Waals surface area contributed by atoms with Gasteiger partial charge >= 0.3 is 0 Å². The van der Waals surface area contributed by atoms with Crippen molar-refractivity contribution in [2.75, 3.05) is 0 Å². The third-order valence-corrected chi connectivity index (χ3v) is 5.89. The molecule has 0 aliphatic heterocycles. The van der Waals surface area contributed by atoms with Crippen molar-refractivity contribution < 1.29 is 4.79 Å². The van der Waals surface area contributed by atoms with E-state index in [-0.39, 0.29) is 12.1 Å². The predicted octanol–water partition coefficient (Wildman–Crippen LogP) is 4.24.